The lowest BCUT2D eigenvalue weighted by atomic mass is 9.97. The summed E-state index contributed by atoms with van der Waals surface area (Å²) in [7, 11) is 0. The van der Waals surface area contributed by atoms with E-state index >= 15 is 0 Å². The van der Waals surface area contributed by atoms with Crippen molar-refractivity contribution < 1.29 is 4.79 Å². The first kappa shape index (κ1) is 21.5. The van der Waals surface area contributed by atoms with Gasteiger partial charge in [-0.3, -0.25) is 0 Å². The van der Waals surface area contributed by atoms with Crippen molar-refractivity contribution in [2.24, 2.45) is 0 Å². The van der Waals surface area contributed by atoms with Crippen molar-refractivity contribution in [2.75, 3.05) is 42.7 Å². The highest BCUT2D eigenvalue weighted by Crippen LogP contribution is 2.40. The van der Waals surface area contributed by atoms with Crippen molar-refractivity contribution in [2.45, 2.75) is 43.9 Å². The molecule has 0 atom stereocenters. The van der Waals surface area contributed by atoms with Crippen LogP contribution < -0.4 is 10.2 Å². The molecule has 8 heteroatoms. The van der Waals surface area contributed by atoms with Crippen molar-refractivity contribution in [3.8, 4) is 0 Å². The van der Waals surface area contributed by atoms with Crippen LogP contribution >= 0.6 is 23.1 Å². The number of thiophene rings is 1. The van der Waals surface area contributed by atoms with Gasteiger partial charge in [-0.1, -0.05) is 6.92 Å². The molecule has 1 saturated heterocycles. The van der Waals surface area contributed by atoms with Crippen molar-refractivity contribution in [1.29, 1.82) is 0 Å². The third-order valence-electron chi connectivity index (χ3n) is 6.37. The molecule has 3 heterocycles. The molecule has 1 aliphatic carbocycles. The van der Waals surface area contributed by atoms with Gasteiger partial charge in [0.2, 0.25) is 0 Å². The van der Waals surface area contributed by atoms with E-state index in [1.807, 2.05) is 46.8 Å². The zero-order valence-electron chi connectivity index (χ0n) is 18.7. The fourth-order valence-corrected chi connectivity index (χ4v) is 6.25. The number of thioether (sulfide) groups is 1. The first-order valence-electron chi connectivity index (χ1n) is 11.4. The molecule has 1 aromatic carbocycles. The van der Waals surface area contributed by atoms with Crippen LogP contribution in [-0.4, -0.2) is 53.3 Å². The Morgan fingerprint density at radius 3 is 2.56 bits per heavy atom. The van der Waals surface area contributed by atoms with Gasteiger partial charge in [0.25, 0.3) is 0 Å². The summed E-state index contributed by atoms with van der Waals surface area (Å²) in [5.74, 6) is 2.00. The largest absolute Gasteiger partial charge is 0.352 e. The van der Waals surface area contributed by atoms with Crippen molar-refractivity contribution in [3.63, 3.8) is 0 Å². The van der Waals surface area contributed by atoms with Crippen LogP contribution in [0.1, 0.15) is 36.0 Å². The molecule has 0 saturated carbocycles. The number of anilines is 2. The second-order valence-corrected chi connectivity index (χ2v) is 10.3. The van der Waals surface area contributed by atoms with Crippen LogP contribution in [0.25, 0.3) is 10.2 Å². The molecular formula is C24H29N5OS2. The van der Waals surface area contributed by atoms with E-state index in [9.17, 15) is 4.79 Å². The number of hydrogen-bond acceptors (Lipinski definition) is 6. The number of aromatic nitrogens is 2. The molecule has 3 aromatic rings. The maximum Gasteiger partial charge on any atom is 0.321 e. The smallest absolute Gasteiger partial charge is 0.321 e. The number of amides is 2. The van der Waals surface area contributed by atoms with Gasteiger partial charge in [-0.2, -0.15) is 0 Å². The zero-order chi connectivity index (χ0) is 22.1. The van der Waals surface area contributed by atoms with E-state index in [-0.39, 0.29) is 6.03 Å². The van der Waals surface area contributed by atoms with Crippen LogP contribution in [0.2, 0.25) is 0 Å². The monoisotopic (exact) mass is 467 g/mol. The van der Waals surface area contributed by atoms with Crippen molar-refractivity contribution >= 4 is 50.9 Å². The summed E-state index contributed by atoms with van der Waals surface area (Å²) < 4.78 is 0. The Morgan fingerprint density at radius 2 is 1.84 bits per heavy atom. The average molecular weight is 468 g/mol. The molecule has 1 aliphatic heterocycles. The van der Waals surface area contributed by atoms with Crippen LogP contribution in [0, 0.1) is 0 Å². The number of carbonyl (C=O) groups excluding carboxylic acids is 1. The second kappa shape index (κ2) is 9.27. The summed E-state index contributed by atoms with van der Waals surface area (Å²) in [4.78, 5) is 30.7. The van der Waals surface area contributed by atoms with E-state index in [1.54, 1.807) is 11.8 Å². The van der Waals surface area contributed by atoms with E-state index in [4.69, 9.17) is 9.97 Å². The lowest BCUT2D eigenvalue weighted by Gasteiger charge is -2.36. The van der Waals surface area contributed by atoms with Crippen molar-refractivity contribution in [3.05, 3.63) is 40.5 Å². The van der Waals surface area contributed by atoms with Gasteiger partial charge in [0.05, 0.1) is 5.39 Å². The summed E-state index contributed by atoms with van der Waals surface area (Å²) in [6.45, 7) is 5.08. The average Bonchev–Trinajstić information content (AvgIpc) is 3.22. The van der Waals surface area contributed by atoms with Gasteiger partial charge in [-0.05, 0) is 61.8 Å². The summed E-state index contributed by atoms with van der Waals surface area (Å²) >= 11 is 3.56. The van der Waals surface area contributed by atoms with Gasteiger partial charge < -0.3 is 15.1 Å². The van der Waals surface area contributed by atoms with E-state index in [1.165, 1.54) is 40.0 Å². The SMILES string of the molecule is CCc1nc(N2CCN(C(=O)Nc3ccc(SC)cc3)CC2)c2c3c(sc2n1)CCCC3. The quantitative estimate of drug-likeness (QED) is 0.534. The van der Waals surface area contributed by atoms with E-state index in [2.05, 4.69) is 17.1 Å². The third kappa shape index (κ3) is 4.18. The standard InChI is InChI=1S/C24H29N5OS2/c1-3-20-26-22(21-18-6-4-5-7-19(18)32-23(21)27-20)28-12-14-29(15-13-28)24(30)25-16-8-10-17(31-2)11-9-16/h8-11H,3-7,12-15H2,1-2H3,(H,25,30). The Hall–Kier alpha value is -2.32. The number of nitrogens with one attached hydrogen (secondary N) is 1. The van der Waals surface area contributed by atoms with Gasteiger partial charge in [0.1, 0.15) is 16.5 Å². The predicted octanol–water partition coefficient (Wildman–Crippen LogP) is 5.21. The van der Waals surface area contributed by atoms with Crippen LogP contribution in [0.15, 0.2) is 29.2 Å². The molecule has 32 heavy (non-hydrogen) atoms. The molecule has 1 fully saturated rings. The third-order valence-corrected chi connectivity index (χ3v) is 8.30. The van der Waals surface area contributed by atoms with Gasteiger partial charge in [-0.15, -0.1) is 23.1 Å². The Labute approximate surface area is 197 Å². The van der Waals surface area contributed by atoms with E-state index in [0.717, 1.165) is 48.1 Å². The van der Waals surface area contributed by atoms with Crippen LogP contribution in [0.5, 0.6) is 0 Å². The maximum absolute atomic E-state index is 12.8. The number of piperazine rings is 1. The van der Waals surface area contributed by atoms with Crippen LogP contribution in [0.4, 0.5) is 16.3 Å². The molecule has 168 valence electrons. The first-order chi connectivity index (χ1) is 15.7. The number of fused-ring (bicyclic) bond motifs is 3. The molecule has 0 bridgehead atoms. The van der Waals surface area contributed by atoms with Gasteiger partial charge in [-0.25, -0.2) is 14.8 Å². The number of urea groups is 1. The molecule has 2 aromatic heterocycles. The number of carbonyl (C=O) groups is 1. The van der Waals surface area contributed by atoms with E-state index in [0.29, 0.717) is 13.1 Å². The van der Waals surface area contributed by atoms with Crippen LogP contribution in [0.3, 0.4) is 0 Å². The molecule has 0 spiro atoms. The summed E-state index contributed by atoms with van der Waals surface area (Å²) in [5.41, 5.74) is 2.31. The second-order valence-electron chi connectivity index (χ2n) is 8.34. The molecule has 0 radical (unpaired) electrons. The van der Waals surface area contributed by atoms with Gasteiger partial charge in [0, 0.05) is 48.1 Å². The minimum Gasteiger partial charge on any atom is -0.352 e. The van der Waals surface area contributed by atoms with Crippen molar-refractivity contribution in [1.82, 2.24) is 14.9 Å². The fourth-order valence-electron chi connectivity index (χ4n) is 4.57. The Morgan fingerprint density at radius 1 is 1.09 bits per heavy atom. The molecule has 5 rings (SSSR count). The van der Waals surface area contributed by atoms with E-state index < -0.39 is 0 Å². The highest BCUT2D eigenvalue weighted by molar-refractivity contribution is 7.98. The highest BCUT2D eigenvalue weighted by atomic mass is 32.2. The Bertz CT molecular complexity index is 1120. The normalized spacial score (nSPS) is 16.3. The minimum atomic E-state index is -0.0310. The predicted molar refractivity (Wildman–Crippen MR) is 134 cm³/mol. The Balaban J connectivity index is 1.32. The molecule has 6 nitrogen and oxygen atoms in total. The van der Waals surface area contributed by atoms with Gasteiger partial charge >= 0.3 is 6.03 Å². The first-order valence-corrected chi connectivity index (χ1v) is 13.5. The minimum absolute atomic E-state index is 0.0310. The molecule has 2 amide bonds. The number of nitrogens with zero attached hydrogens (tertiary/aromatic N) is 4. The summed E-state index contributed by atoms with van der Waals surface area (Å²) in [5, 5.41) is 4.31. The summed E-state index contributed by atoms with van der Waals surface area (Å²) in [6, 6.07) is 7.96. The summed E-state index contributed by atoms with van der Waals surface area (Å²) in [6.07, 6.45) is 7.71. The highest BCUT2D eigenvalue weighted by Gasteiger charge is 2.27. The van der Waals surface area contributed by atoms with Crippen LogP contribution in [-0.2, 0) is 19.3 Å². The molecular weight excluding hydrogens is 438 g/mol. The lowest BCUT2D eigenvalue weighted by Crippen LogP contribution is -2.50. The van der Waals surface area contributed by atoms with Gasteiger partial charge in [0.15, 0.2) is 0 Å². The zero-order valence-corrected chi connectivity index (χ0v) is 20.3. The molecule has 1 N–H and O–H groups in total. The number of aryl methyl sites for hydroxylation is 3. The topological polar surface area (TPSA) is 61.4 Å². The molecule has 0 unspecified atom stereocenters. The number of benzene rings is 1. The fraction of sp³-hybridized carbons (Fsp3) is 0.458. The maximum atomic E-state index is 12.8. The lowest BCUT2D eigenvalue weighted by molar-refractivity contribution is 0.208. The number of rotatable bonds is 4. The Kier molecular flexibility index (Phi) is 6.24. The molecule has 2 aliphatic rings. The number of hydrogen-bond donors (Lipinski definition) is 1.